The molecule has 1 aliphatic rings. The molecule has 6 nitrogen and oxygen atoms in total. The molecule has 1 aromatic rings. The van der Waals surface area contributed by atoms with E-state index in [9.17, 15) is 9.90 Å². The summed E-state index contributed by atoms with van der Waals surface area (Å²) in [5.41, 5.74) is 0. The van der Waals surface area contributed by atoms with Crippen molar-refractivity contribution < 1.29 is 9.90 Å². The summed E-state index contributed by atoms with van der Waals surface area (Å²) in [6, 6.07) is 1.83. The summed E-state index contributed by atoms with van der Waals surface area (Å²) in [6.45, 7) is 7.88. The number of nitrogens with zero attached hydrogens (tertiary/aromatic N) is 3. The number of carbonyl (C=O) groups excluding carboxylic acids is 1. The summed E-state index contributed by atoms with van der Waals surface area (Å²) in [5.74, 6) is 1.00. The average Bonchev–Trinajstić information content (AvgIpc) is 2.94. The first-order valence-corrected chi connectivity index (χ1v) is 7.72. The second-order valence-electron chi connectivity index (χ2n) is 6.11. The first-order chi connectivity index (χ1) is 10.0. The molecule has 1 amide bonds. The number of rotatable bonds is 5. The van der Waals surface area contributed by atoms with Crippen molar-refractivity contribution in [2.24, 2.45) is 5.92 Å². The summed E-state index contributed by atoms with van der Waals surface area (Å²) in [7, 11) is 0. The van der Waals surface area contributed by atoms with E-state index in [0.29, 0.717) is 0 Å². The zero-order valence-electron chi connectivity index (χ0n) is 13.1. The Kier molecular flexibility index (Phi) is 5.36. The first kappa shape index (κ1) is 16.0. The van der Waals surface area contributed by atoms with Crippen LogP contribution in [-0.2, 0) is 4.79 Å². The number of likely N-dealkylation sites (tertiary alicyclic amines) is 1. The van der Waals surface area contributed by atoms with E-state index in [1.165, 1.54) is 0 Å². The van der Waals surface area contributed by atoms with Crippen molar-refractivity contribution in [2.75, 3.05) is 25.0 Å². The minimum atomic E-state index is -0.199. The molecular formula is C15H26N4O2. The van der Waals surface area contributed by atoms with E-state index in [2.05, 4.69) is 15.3 Å². The van der Waals surface area contributed by atoms with E-state index in [4.69, 9.17) is 0 Å². The molecule has 1 fully saturated rings. The lowest BCUT2D eigenvalue weighted by Crippen LogP contribution is -2.47. The molecule has 2 unspecified atom stereocenters. The van der Waals surface area contributed by atoms with Gasteiger partial charge in [0.2, 0.25) is 5.91 Å². The number of amides is 1. The third-order valence-corrected chi connectivity index (χ3v) is 4.15. The fraction of sp³-hybridized carbons (Fsp3) is 0.733. The van der Waals surface area contributed by atoms with Gasteiger partial charge in [-0.3, -0.25) is 9.69 Å². The molecule has 2 heterocycles. The van der Waals surface area contributed by atoms with Crippen LogP contribution in [0.4, 0.5) is 5.82 Å². The number of hydrogen-bond acceptors (Lipinski definition) is 4. The SMILES string of the molecule is CC(C(=O)Nc1ccnn1C(C)C)N1CCCC(CO)C1. The van der Waals surface area contributed by atoms with Crippen LogP contribution in [0.5, 0.6) is 0 Å². The molecule has 2 N–H and O–H groups in total. The lowest BCUT2D eigenvalue weighted by Gasteiger charge is -2.35. The first-order valence-electron chi connectivity index (χ1n) is 7.72. The monoisotopic (exact) mass is 294 g/mol. The van der Waals surface area contributed by atoms with Gasteiger partial charge in [-0.25, -0.2) is 4.68 Å². The van der Waals surface area contributed by atoms with Crippen molar-refractivity contribution in [3.8, 4) is 0 Å². The Bertz CT molecular complexity index is 472. The second-order valence-corrected chi connectivity index (χ2v) is 6.11. The quantitative estimate of drug-likeness (QED) is 0.863. The molecule has 2 atom stereocenters. The summed E-state index contributed by atoms with van der Waals surface area (Å²) < 4.78 is 1.80. The molecule has 0 saturated carbocycles. The molecule has 0 spiro atoms. The van der Waals surface area contributed by atoms with Gasteiger partial charge in [0.25, 0.3) is 0 Å². The number of aliphatic hydroxyl groups is 1. The molecule has 21 heavy (non-hydrogen) atoms. The van der Waals surface area contributed by atoms with Gasteiger partial charge < -0.3 is 10.4 Å². The van der Waals surface area contributed by atoms with Crippen molar-refractivity contribution in [3.05, 3.63) is 12.3 Å². The molecular weight excluding hydrogens is 268 g/mol. The van der Waals surface area contributed by atoms with Gasteiger partial charge in [0, 0.05) is 25.3 Å². The fourth-order valence-corrected chi connectivity index (χ4v) is 2.82. The molecule has 1 aromatic heterocycles. The normalized spacial score (nSPS) is 21.5. The van der Waals surface area contributed by atoms with Crippen molar-refractivity contribution in [3.63, 3.8) is 0 Å². The third kappa shape index (κ3) is 3.83. The maximum Gasteiger partial charge on any atom is 0.242 e. The number of aliphatic hydroxyl groups excluding tert-OH is 1. The second kappa shape index (κ2) is 7.04. The van der Waals surface area contributed by atoms with Gasteiger partial charge in [-0.2, -0.15) is 5.10 Å². The van der Waals surface area contributed by atoms with Crippen molar-refractivity contribution in [2.45, 2.75) is 45.7 Å². The number of piperidine rings is 1. The smallest absolute Gasteiger partial charge is 0.242 e. The van der Waals surface area contributed by atoms with Crippen LogP contribution in [0.2, 0.25) is 0 Å². The maximum atomic E-state index is 12.4. The molecule has 1 saturated heterocycles. The summed E-state index contributed by atoms with van der Waals surface area (Å²) in [5, 5.41) is 16.5. The predicted molar refractivity (Wildman–Crippen MR) is 82.1 cm³/mol. The Morgan fingerprint density at radius 1 is 1.52 bits per heavy atom. The van der Waals surface area contributed by atoms with Crippen LogP contribution in [0.25, 0.3) is 0 Å². The van der Waals surface area contributed by atoms with Crippen LogP contribution >= 0.6 is 0 Å². The Hall–Kier alpha value is -1.40. The molecule has 118 valence electrons. The predicted octanol–water partition coefficient (Wildman–Crippen LogP) is 1.50. The minimum absolute atomic E-state index is 0.0176. The van der Waals surface area contributed by atoms with Crippen LogP contribution in [0.1, 0.15) is 39.7 Å². The molecule has 1 aliphatic heterocycles. The summed E-state index contributed by atoms with van der Waals surface area (Å²) in [6.07, 6.45) is 3.77. The highest BCUT2D eigenvalue weighted by Gasteiger charge is 2.27. The number of carbonyl (C=O) groups is 1. The zero-order chi connectivity index (χ0) is 15.4. The highest BCUT2D eigenvalue weighted by molar-refractivity contribution is 5.93. The number of anilines is 1. The number of aromatic nitrogens is 2. The Labute approximate surface area is 126 Å². The minimum Gasteiger partial charge on any atom is -0.396 e. The van der Waals surface area contributed by atoms with E-state index in [-0.39, 0.29) is 30.5 Å². The van der Waals surface area contributed by atoms with Crippen LogP contribution in [0, 0.1) is 5.92 Å². The van der Waals surface area contributed by atoms with Crippen molar-refractivity contribution >= 4 is 11.7 Å². The standard InChI is InChI=1S/C15H26N4O2/c1-11(2)19-14(6-7-16-19)17-15(21)12(3)18-8-4-5-13(9-18)10-20/h6-7,11-13,20H,4-5,8-10H2,1-3H3,(H,17,21). The average molecular weight is 294 g/mol. The van der Waals surface area contributed by atoms with Crippen LogP contribution in [-0.4, -0.2) is 51.4 Å². The van der Waals surface area contributed by atoms with Gasteiger partial charge in [0.05, 0.1) is 12.2 Å². The molecule has 0 radical (unpaired) electrons. The van der Waals surface area contributed by atoms with Crippen LogP contribution in [0.3, 0.4) is 0 Å². The molecule has 2 rings (SSSR count). The van der Waals surface area contributed by atoms with E-state index < -0.39 is 0 Å². The van der Waals surface area contributed by atoms with Crippen molar-refractivity contribution in [1.82, 2.24) is 14.7 Å². The van der Waals surface area contributed by atoms with Gasteiger partial charge in [-0.05, 0) is 46.1 Å². The Morgan fingerprint density at radius 3 is 2.95 bits per heavy atom. The van der Waals surface area contributed by atoms with Crippen LogP contribution < -0.4 is 5.32 Å². The number of nitrogens with one attached hydrogen (secondary N) is 1. The molecule has 0 bridgehead atoms. The zero-order valence-corrected chi connectivity index (χ0v) is 13.1. The van der Waals surface area contributed by atoms with Gasteiger partial charge in [-0.15, -0.1) is 0 Å². The Balaban J connectivity index is 1.97. The molecule has 0 aromatic carbocycles. The lowest BCUT2D eigenvalue weighted by molar-refractivity contribution is -0.121. The maximum absolute atomic E-state index is 12.4. The summed E-state index contributed by atoms with van der Waals surface area (Å²) in [4.78, 5) is 14.6. The lowest BCUT2D eigenvalue weighted by atomic mass is 9.97. The fourth-order valence-electron chi connectivity index (χ4n) is 2.82. The highest BCUT2D eigenvalue weighted by atomic mass is 16.3. The van der Waals surface area contributed by atoms with E-state index in [1.807, 2.05) is 26.8 Å². The topological polar surface area (TPSA) is 70.4 Å². The van der Waals surface area contributed by atoms with Gasteiger partial charge in [-0.1, -0.05) is 0 Å². The van der Waals surface area contributed by atoms with Gasteiger partial charge >= 0.3 is 0 Å². The van der Waals surface area contributed by atoms with E-state index in [0.717, 1.165) is 31.7 Å². The molecule has 6 heteroatoms. The van der Waals surface area contributed by atoms with Crippen molar-refractivity contribution in [1.29, 1.82) is 0 Å². The number of hydrogen-bond donors (Lipinski definition) is 2. The Morgan fingerprint density at radius 2 is 2.29 bits per heavy atom. The largest absolute Gasteiger partial charge is 0.396 e. The van der Waals surface area contributed by atoms with E-state index in [1.54, 1.807) is 10.9 Å². The van der Waals surface area contributed by atoms with Gasteiger partial charge in [0.15, 0.2) is 0 Å². The molecule has 0 aliphatic carbocycles. The van der Waals surface area contributed by atoms with E-state index >= 15 is 0 Å². The highest BCUT2D eigenvalue weighted by Crippen LogP contribution is 2.19. The summed E-state index contributed by atoms with van der Waals surface area (Å²) >= 11 is 0. The third-order valence-electron chi connectivity index (χ3n) is 4.15. The van der Waals surface area contributed by atoms with Crippen LogP contribution in [0.15, 0.2) is 12.3 Å². The van der Waals surface area contributed by atoms with Gasteiger partial charge in [0.1, 0.15) is 5.82 Å².